The Kier molecular flexibility index (Phi) is 4.37. The fourth-order valence-electron chi connectivity index (χ4n) is 3.72. The summed E-state index contributed by atoms with van der Waals surface area (Å²) in [5.74, 6) is 0.0398. The number of carbonyl (C=O) groups is 1. The molecule has 0 N–H and O–H groups in total. The first-order valence-electron chi connectivity index (χ1n) is 8.67. The Morgan fingerprint density at radius 1 is 1.38 bits per heavy atom. The van der Waals surface area contributed by atoms with Gasteiger partial charge in [0.2, 0.25) is 0 Å². The van der Waals surface area contributed by atoms with Crippen molar-refractivity contribution in [1.29, 1.82) is 0 Å². The molecule has 0 radical (unpaired) electrons. The summed E-state index contributed by atoms with van der Waals surface area (Å²) in [5, 5.41) is 7.30. The van der Waals surface area contributed by atoms with E-state index >= 15 is 0 Å². The Bertz CT molecular complexity index is 718. The molecule has 0 aliphatic carbocycles. The number of likely N-dealkylation sites (tertiary alicyclic amines) is 1. The monoisotopic (exact) mass is 345 g/mol. The molecule has 1 fully saturated rings. The number of fused-ring (bicyclic) bond motifs is 1. The van der Waals surface area contributed by atoms with Gasteiger partial charge in [0, 0.05) is 24.7 Å². The second-order valence-corrected chi connectivity index (χ2v) is 7.76. The van der Waals surface area contributed by atoms with Gasteiger partial charge in [-0.15, -0.1) is 11.3 Å². The van der Waals surface area contributed by atoms with Gasteiger partial charge in [0.15, 0.2) is 0 Å². The molecule has 128 valence electrons. The molecule has 1 amide bonds. The van der Waals surface area contributed by atoms with E-state index in [2.05, 4.69) is 19.7 Å². The Morgan fingerprint density at radius 2 is 2.21 bits per heavy atom. The fraction of sp³-hybridized carbons (Fsp3) is 0.588. The number of nitrogens with zero attached hydrogens (tertiary/aromatic N) is 5. The number of aromatic nitrogens is 3. The summed E-state index contributed by atoms with van der Waals surface area (Å²) in [6.45, 7) is 6.78. The molecule has 2 aliphatic rings. The number of thiazole rings is 1. The van der Waals surface area contributed by atoms with Gasteiger partial charge in [-0.1, -0.05) is 0 Å². The van der Waals surface area contributed by atoms with Gasteiger partial charge in [-0.2, -0.15) is 5.10 Å². The highest BCUT2D eigenvalue weighted by molar-refractivity contribution is 7.09. The van der Waals surface area contributed by atoms with Gasteiger partial charge < -0.3 is 9.80 Å². The summed E-state index contributed by atoms with van der Waals surface area (Å²) in [5.41, 5.74) is 1.69. The highest BCUT2D eigenvalue weighted by Gasteiger charge is 2.30. The Labute approximate surface area is 146 Å². The number of hydrogen-bond donors (Lipinski definition) is 0. The maximum atomic E-state index is 12.8. The SMILES string of the molecule is Cc1nc(C(=O)N2Cc3ccnn3[C@@H](CCN3CCCC3)C2)cs1. The average Bonchev–Trinajstić information content (AvgIpc) is 3.32. The molecule has 1 saturated heterocycles. The largest absolute Gasteiger partial charge is 0.329 e. The van der Waals surface area contributed by atoms with Crippen LogP contribution in [0.25, 0.3) is 0 Å². The predicted octanol–water partition coefficient (Wildman–Crippen LogP) is 2.33. The maximum absolute atomic E-state index is 12.8. The lowest BCUT2D eigenvalue weighted by Gasteiger charge is -2.34. The zero-order chi connectivity index (χ0) is 16.5. The molecule has 6 nitrogen and oxygen atoms in total. The Balaban J connectivity index is 1.48. The van der Waals surface area contributed by atoms with Crippen molar-refractivity contribution in [3.63, 3.8) is 0 Å². The second kappa shape index (κ2) is 6.64. The van der Waals surface area contributed by atoms with E-state index in [-0.39, 0.29) is 11.9 Å². The van der Waals surface area contributed by atoms with Crippen LogP contribution in [0.15, 0.2) is 17.6 Å². The number of rotatable bonds is 4. The van der Waals surface area contributed by atoms with Crippen molar-refractivity contribution in [2.45, 2.75) is 38.8 Å². The first kappa shape index (κ1) is 15.8. The lowest BCUT2D eigenvalue weighted by Crippen LogP contribution is -2.42. The molecule has 4 rings (SSSR count). The topological polar surface area (TPSA) is 54.3 Å². The van der Waals surface area contributed by atoms with Crippen LogP contribution in [-0.4, -0.2) is 56.7 Å². The molecule has 7 heteroatoms. The van der Waals surface area contributed by atoms with E-state index in [0.717, 1.165) is 30.2 Å². The summed E-state index contributed by atoms with van der Waals surface area (Å²) in [7, 11) is 0. The van der Waals surface area contributed by atoms with Gasteiger partial charge in [-0.3, -0.25) is 9.48 Å². The third-order valence-corrected chi connectivity index (χ3v) is 5.76. The minimum absolute atomic E-state index is 0.0398. The van der Waals surface area contributed by atoms with Crippen molar-refractivity contribution in [2.75, 3.05) is 26.2 Å². The molecule has 0 aromatic carbocycles. The molecule has 2 aromatic rings. The minimum atomic E-state index is 0.0398. The third-order valence-electron chi connectivity index (χ3n) is 4.98. The molecule has 2 aliphatic heterocycles. The van der Waals surface area contributed by atoms with E-state index in [0.29, 0.717) is 12.2 Å². The van der Waals surface area contributed by atoms with E-state index < -0.39 is 0 Å². The number of carbonyl (C=O) groups excluding carboxylic acids is 1. The van der Waals surface area contributed by atoms with Gasteiger partial charge in [0.25, 0.3) is 5.91 Å². The highest BCUT2D eigenvalue weighted by Crippen LogP contribution is 2.25. The van der Waals surface area contributed by atoms with Crippen molar-refractivity contribution in [3.8, 4) is 0 Å². The van der Waals surface area contributed by atoms with E-state index in [4.69, 9.17) is 0 Å². The summed E-state index contributed by atoms with van der Waals surface area (Å²) in [6.07, 6.45) is 5.50. The zero-order valence-electron chi connectivity index (χ0n) is 14.0. The van der Waals surface area contributed by atoms with Crippen LogP contribution in [-0.2, 0) is 6.54 Å². The molecule has 0 saturated carbocycles. The molecule has 4 heterocycles. The molecule has 0 spiro atoms. The second-order valence-electron chi connectivity index (χ2n) is 6.70. The first-order valence-corrected chi connectivity index (χ1v) is 9.55. The third kappa shape index (κ3) is 3.10. The average molecular weight is 345 g/mol. The van der Waals surface area contributed by atoms with Gasteiger partial charge in [-0.05, 0) is 45.3 Å². The predicted molar refractivity (Wildman–Crippen MR) is 93.1 cm³/mol. The quantitative estimate of drug-likeness (QED) is 0.853. The van der Waals surface area contributed by atoms with Crippen LogP contribution in [0.2, 0.25) is 0 Å². The van der Waals surface area contributed by atoms with Crippen molar-refractivity contribution in [1.82, 2.24) is 24.6 Å². The fourth-order valence-corrected chi connectivity index (χ4v) is 4.30. The van der Waals surface area contributed by atoms with Gasteiger partial charge in [0.1, 0.15) is 5.69 Å². The van der Waals surface area contributed by atoms with Crippen LogP contribution >= 0.6 is 11.3 Å². The molecular weight excluding hydrogens is 322 g/mol. The van der Waals surface area contributed by atoms with Crippen molar-refractivity contribution < 1.29 is 4.79 Å². The van der Waals surface area contributed by atoms with Crippen molar-refractivity contribution in [3.05, 3.63) is 34.0 Å². The van der Waals surface area contributed by atoms with Crippen LogP contribution in [0.3, 0.4) is 0 Å². The molecule has 0 bridgehead atoms. The van der Waals surface area contributed by atoms with Crippen LogP contribution in [0.4, 0.5) is 0 Å². The highest BCUT2D eigenvalue weighted by atomic mass is 32.1. The van der Waals surface area contributed by atoms with E-state index in [1.54, 1.807) is 0 Å². The molecule has 2 aromatic heterocycles. The van der Waals surface area contributed by atoms with Gasteiger partial charge in [0.05, 0.1) is 23.3 Å². The molecule has 1 atom stereocenters. The van der Waals surface area contributed by atoms with Crippen LogP contribution in [0, 0.1) is 6.92 Å². The lowest BCUT2D eigenvalue weighted by atomic mass is 10.1. The van der Waals surface area contributed by atoms with Crippen molar-refractivity contribution in [2.24, 2.45) is 0 Å². The minimum Gasteiger partial charge on any atom is -0.329 e. The van der Waals surface area contributed by atoms with E-state index in [9.17, 15) is 4.79 Å². The summed E-state index contributed by atoms with van der Waals surface area (Å²) in [4.78, 5) is 21.6. The lowest BCUT2D eigenvalue weighted by molar-refractivity contribution is 0.0653. The summed E-state index contributed by atoms with van der Waals surface area (Å²) in [6, 6.07) is 2.28. The Hall–Kier alpha value is -1.73. The van der Waals surface area contributed by atoms with Gasteiger partial charge >= 0.3 is 0 Å². The number of amides is 1. The van der Waals surface area contributed by atoms with Gasteiger partial charge in [-0.25, -0.2) is 4.98 Å². The maximum Gasteiger partial charge on any atom is 0.273 e. The molecule has 24 heavy (non-hydrogen) atoms. The van der Waals surface area contributed by atoms with Crippen LogP contribution in [0.5, 0.6) is 0 Å². The van der Waals surface area contributed by atoms with E-state index in [1.807, 2.05) is 29.5 Å². The smallest absolute Gasteiger partial charge is 0.273 e. The standard InChI is InChI=1S/C17H23N5OS/c1-13-19-16(12-24-13)17(23)21-10-14-4-6-18-22(14)15(11-21)5-9-20-7-2-3-8-20/h4,6,12,15H,2-3,5,7-11H2,1H3/t15-/m0/s1. The van der Waals surface area contributed by atoms with Crippen molar-refractivity contribution >= 4 is 17.2 Å². The van der Waals surface area contributed by atoms with Crippen LogP contribution < -0.4 is 0 Å². The van der Waals surface area contributed by atoms with E-state index in [1.165, 1.54) is 37.3 Å². The first-order chi connectivity index (χ1) is 11.7. The normalized spacial score (nSPS) is 21.2. The van der Waals surface area contributed by atoms with Crippen LogP contribution in [0.1, 0.15) is 46.5 Å². The molecular formula is C17H23N5OS. The number of hydrogen-bond acceptors (Lipinski definition) is 5. The number of aryl methyl sites for hydroxylation is 1. The Morgan fingerprint density at radius 3 is 2.96 bits per heavy atom. The summed E-state index contributed by atoms with van der Waals surface area (Å²) < 4.78 is 2.12. The molecule has 0 unspecified atom stereocenters. The zero-order valence-corrected chi connectivity index (χ0v) is 14.8. The summed E-state index contributed by atoms with van der Waals surface area (Å²) >= 11 is 1.53.